The minimum Gasteiger partial charge on any atom is -0.474 e. The standard InChI is InChI=1S/C19H22ClN3O3S/c1-12-7-14(20)10-15(8-12)27(25)23-5-6-26-18-16(23)9-13(11-21-18)17(24)22-19(2,3)4/h7-11H,5-6H2,1-4H3,(H,22,24). The van der Waals surface area contributed by atoms with E-state index in [1.54, 1.807) is 16.4 Å². The number of hydrogen-bond donors (Lipinski definition) is 1. The highest BCUT2D eigenvalue weighted by atomic mass is 35.5. The van der Waals surface area contributed by atoms with Crippen LogP contribution in [0.25, 0.3) is 0 Å². The Hall–Kier alpha value is -2.12. The van der Waals surface area contributed by atoms with E-state index in [0.29, 0.717) is 40.2 Å². The molecule has 0 radical (unpaired) electrons. The molecule has 1 unspecified atom stereocenters. The zero-order valence-corrected chi connectivity index (χ0v) is 17.3. The highest BCUT2D eigenvalue weighted by molar-refractivity contribution is 7.86. The normalized spacial score (nSPS) is 14.9. The topological polar surface area (TPSA) is 71.5 Å². The number of benzene rings is 1. The van der Waals surface area contributed by atoms with Crippen LogP contribution in [0, 0.1) is 6.92 Å². The number of pyridine rings is 1. The molecule has 2 heterocycles. The number of aryl methyl sites for hydroxylation is 1. The monoisotopic (exact) mass is 407 g/mol. The molecule has 3 rings (SSSR count). The Balaban J connectivity index is 1.96. The van der Waals surface area contributed by atoms with Crippen molar-refractivity contribution in [3.8, 4) is 5.88 Å². The third-order valence-corrected chi connectivity index (χ3v) is 5.44. The zero-order chi connectivity index (χ0) is 19.8. The molecule has 1 atom stereocenters. The molecule has 0 saturated carbocycles. The summed E-state index contributed by atoms with van der Waals surface area (Å²) >= 11 is 6.12. The number of ether oxygens (including phenoxy) is 1. The van der Waals surface area contributed by atoms with Gasteiger partial charge in [0, 0.05) is 16.8 Å². The van der Waals surface area contributed by atoms with Crippen LogP contribution in [-0.2, 0) is 11.0 Å². The van der Waals surface area contributed by atoms with Gasteiger partial charge in [-0.2, -0.15) is 0 Å². The maximum absolute atomic E-state index is 13.2. The highest BCUT2D eigenvalue weighted by Crippen LogP contribution is 2.33. The summed E-state index contributed by atoms with van der Waals surface area (Å²) in [5.74, 6) is 0.119. The molecule has 8 heteroatoms. The molecule has 1 aromatic heterocycles. The third-order valence-electron chi connectivity index (χ3n) is 3.80. The van der Waals surface area contributed by atoms with Crippen LogP contribution in [0.5, 0.6) is 5.88 Å². The van der Waals surface area contributed by atoms with Crippen molar-refractivity contribution < 1.29 is 13.7 Å². The van der Waals surface area contributed by atoms with Crippen LogP contribution < -0.4 is 14.4 Å². The van der Waals surface area contributed by atoms with E-state index < -0.39 is 11.0 Å². The average molecular weight is 408 g/mol. The summed E-state index contributed by atoms with van der Waals surface area (Å²) in [5.41, 5.74) is 1.47. The van der Waals surface area contributed by atoms with E-state index in [0.717, 1.165) is 5.56 Å². The fourth-order valence-corrected chi connectivity index (χ4v) is 4.39. The first-order valence-corrected chi connectivity index (χ1v) is 10.0. The van der Waals surface area contributed by atoms with Crippen LogP contribution in [0.4, 0.5) is 5.69 Å². The Morgan fingerprint density at radius 2 is 2.04 bits per heavy atom. The molecule has 27 heavy (non-hydrogen) atoms. The Morgan fingerprint density at radius 1 is 1.30 bits per heavy atom. The van der Waals surface area contributed by atoms with Gasteiger partial charge in [-0.05, 0) is 57.5 Å². The minimum atomic E-state index is -1.50. The molecule has 0 spiro atoms. The molecule has 1 aliphatic rings. The van der Waals surface area contributed by atoms with Crippen molar-refractivity contribution in [3.05, 3.63) is 46.6 Å². The predicted octanol–water partition coefficient (Wildman–Crippen LogP) is 3.49. The summed E-state index contributed by atoms with van der Waals surface area (Å²) < 4.78 is 20.4. The lowest BCUT2D eigenvalue weighted by Crippen LogP contribution is -2.41. The Morgan fingerprint density at radius 3 is 2.70 bits per heavy atom. The summed E-state index contributed by atoms with van der Waals surface area (Å²) in [4.78, 5) is 17.3. The van der Waals surface area contributed by atoms with Crippen molar-refractivity contribution in [2.24, 2.45) is 0 Å². The maximum Gasteiger partial charge on any atom is 0.253 e. The van der Waals surface area contributed by atoms with Gasteiger partial charge in [-0.1, -0.05) is 11.6 Å². The SMILES string of the molecule is Cc1cc(Cl)cc(S(=O)N2CCOc3ncc(C(=O)NC(C)(C)C)cc32)c1. The van der Waals surface area contributed by atoms with Crippen LogP contribution >= 0.6 is 11.6 Å². The van der Waals surface area contributed by atoms with Gasteiger partial charge in [-0.15, -0.1) is 0 Å². The second-order valence-electron chi connectivity index (χ2n) is 7.42. The van der Waals surface area contributed by atoms with Crippen LogP contribution in [0.15, 0.2) is 35.4 Å². The summed E-state index contributed by atoms with van der Waals surface area (Å²) in [7, 11) is -1.50. The zero-order valence-electron chi connectivity index (χ0n) is 15.7. The van der Waals surface area contributed by atoms with Crippen molar-refractivity contribution in [2.75, 3.05) is 17.5 Å². The Labute approximate surface area is 166 Å². The van der Waals surface area contributed by atoms with Crippen molar-refractivity contribution in [2.45, 2.75) is 38.1 Å². The molecule has 1 aliphatic heterocycles. The number of nitrogens with zero attached hydrogens (tertiary/aromatic N) is 2. The number of anilines is 1. The second kappa shape index (κ2) is 7.48. The first kappa shape index (κ1) is 19.6. The van der Waals surface area contributed by atoms with Crippen molar-refractivity contribution in [1.82, 2.24) is 10.3 Å². The van der Waals surface area contributed by atoms with Gasteiger partial charge in [0.2, 0.25) is 5.88 Å². The first-order chi connectivity index (χ1) is 12.6. The van der Waals surface area contributed by atoms with Gasteiger partial charge < -0.3 is 10.1 Å². The number of halogens is 1. The number of rotatable bonds is 3. The fourth-order valence-electron chi connectivity index (χ4n) is 2.72. The molecule has 0 saturated heterocycles. The van der Waals surface area contributed by atoms with E-state index in [1.807, 2.05) is 39.8 Å². The Bertz CT molecular complexity index is 891. The summed E-state index contributed by atoms with van der Waals surface area (Å²) in [5, 5.41) is 3.43. The molecule has 1 N–H and O–H groups in total. The molecule has 6 nitrogen and oxygen atoms in total. The van der Waals surface area contributed by atoms with E-state index in [2.05, 4.69) is 10.3 Å². The second-order valence-corrected chi connectivity index (χ2v) is 9.26. The molecule has 1 aromatic carbocycles. The van der Waals surface area contributed by atoms with Crippen LogP contribution in [0.3, 0.4) is 0 Å². The van der Waals surface area contributed by atoms with E-state index in [1.165, 1.54) is 6.20 Å². The number of amides is 1. The first-order valence-electron chi connectivity index (χ1n) is 8.56. The number of carbonyl (C=O) groups excluding carboxylic acids is 1. The third kappa shape index (κ3) is 4.59. The lowest BCUT2D eigenvalue weighted by molar-refractivity contribution is 0.0919. The molecule has 2 aromatic rings. The molecule has 0 bridgehead atoms. The molecular formula is C19H22ClN3O3S. The number of aromatic nitrogens is 1. The van der Waals surface area contributed by atoms with Gasteiger partial charge >= 0.3 is 0 Å². The number of nitrogens with one attached hydrogen (secondary N) is 1. The lowest BCUT2D eigenvalue weighted by atomic mass is 10.1. The number of hydrogen-bond acceptors (Lipinski definition) is 4. The van der Waals surface area contributed by atoms with Gasteiger partial charge in [0.25, 0.3) is 5.91 Å². The minimum absolute atomic E-state index is 0.243. The molecule has 0 aliphatic carbocycles. The van der Waals surface area contributed by atoms with Crippen molar-refractivity contribution >= 4 is 34.2 Å². The largest absolute Gasteiger partial charge is 0.474 e. The van der Waals surface area contributed by atoms with E-state index in [-0.39, 0.29) is 11.4 Å². The highest BCUT2D eigenvalue weighted by Gasteiger charge is 2.27. The van der Waals surface area contributed by atoms with Crippen LogP contribution in [0.2, 0.25) is 5.02 Å². The molecule has 144 valence electrons. The van der Waals surface area contributed by atoms with Gasteiger partial charge in [0.1, 0.15) is 12.3 Å². The van der Waals surface area contributed by atoms with E-state index >= 15 is 0 Å². The number of fused-ring (bicyclic) bond motifs is 1. The summed E-state index contributed by atoms with van der Waals surface area (Å²) in [6.07, 6.45) is 1.47. The molecule has 1 amide bonds. The Kier molecular flexibility index (Phi) is 5.44. The van der Waals surface area contributed by atoms with Crippen LogP contribution in [0.1, 0.15) is 36.7 Å². The van der Waals surface area contributed by atoms with Crippen molar-refractivity contribution in [1.29, 1.82) is 0 Å². The molecular weight excluding hydrogens is 386 g/mol. The maximum atomic E-state index is 13.2. The van der Waals surface area contributed by atoms with Crippen LogP contribution in [-0.4, -0.2) is 33.8 Å². The molecule has 0 fully saturated rings. The van der Waals surface area contributed by atoms with Gasteiger partial charge in [0.15, 0.2) is 11.0 Å². The fraction of sp³-hybridized carbons (Fsp3) is 0.368. The quantitative estimate of drug-likeness (QED) is 0.845. The predicted molar refractivity (Wildman–Crippen MR) is 107 cm³/mol. The smallest absolute Gasteiger partial charge is 0.253 e. The van der Waals surface area contributed by atoms with E-state index in [9.17, 15) is 9.00 Å². The lowest BCUT2D eigenvalue weighted by Gasteiger charge is -2.29. The van der Waals surface area contributed by atoms with Gasteiger partial charge in [0.05, 0.1) is 17.0 Å². The summed E-state index contributed by atoms with van der Waals surface area (Å²) in [6.45, 7) is 8.39. The van der Waals surface area contributed by atoms with Crippen molar-refractivity contribution in [3.63, 3.8) is 0 Å². The van der Waals surface area contributed by atoms with Gasteiger partial charge in [-0.3, -0.25) is 9.10 Å². The average Bonchev–Trinajstić information content (AvgIpc) is 2.57. The number of carbonyl (C=O) groups is 1. The van der Waals surface area contributed by atoms with Gasteiger partial charge in [-0.25, -0.2) is 9.19 Å². The summed E-state index contributed by atoms with van der Waals surface area (Å²) in [6, 6.07) is 6.99. The van der Waals surface area contributed by atoms with E-state index in [4.69, 9.17) is 16.3 Å².